The van der Waals surface area contributed by atoms with Crippen LogP contribution in [-0.2, 0) is 0 Å². The largest absolute Gasteiger partial charge is 0.505 e. The zero-order valence-electron chi connectivity index (χ0n) is 15.9. The first-order valence-electron chi connectivity index (χ1n) is 9.20. The molecule has 0 bridgehead atoms. The van der Waals surface area contributed by atoms with E-state index in [-0.39, 0.29) is 11.8 Å². The van der Waals surface area contributed by atoms with Crippen molar-refractivity contribution >= 4 is 16.6 Å². The number of benzene rings is 3. The first-order valence-corrected chi connectivity index (χ1v) is 9.20. The maximum atomic E-state index is 11.1. The minimum Gasteiger partial charge on any atom is -0.505 e. The highest BCUT2D eigenvalue weighted by Gasteiger charge is 2.20. The molecule has 1 unspecified atom stereocenters. The normalized spacial score (nSPS) is 11.9. The van der Waals surface area contributed by atoms with Crippen LogP contribution in [-0.4, -0.2) is 17.2 Å². The Labute approximate surface area is 164 Å². The first kappa shape index (κ1) is 17.9. The molecule has 28 heavy (non-hydrogen) atoms. The van der Waals surface area contributed by atoms with Crippen LogP contribution in [0.25, 0.3) is 10.9 Å². The molecule has 0 fully saturated rings. The molecule has 4 rings (SSSR count). The standard InChI is InChI=1S/C24H22N2O2/c1-16-11-12-18-13-14-21(24(27)23(18)25-16)22(17-7-4-3-5-8-17)26-19-9-6-10-20(15-19)28-2/h3-15,22,26-27H,1-2H3. The Kier molecular flexibility index (Phi) is 4.85. The van der Waals surface area contributed by atoms with E-state index in [1.54, 1.807) is 7.11 Å². The summed E-state index contributed by atoms with van der Waals surface area (Å²) in [5, 5.41) is 15.5. The number of nitrogens with one attached hydrogen (secondary N) is 1. The molecule has 0 amide bonds. The van der Waals surface area contributed by atoms with Crippen molar-refractivity contribution in [1.29, 1.82) is 0 Å². The molecule has 2 N–H and O–H groups in total. The third kappa shape index (κ3) is 3.49. The van der Waals surface area contributed by atoms with Crippen LogP contribution in [0.3, 0.4) is 0 Å². The molecule has 1 heterocycles. The van der Waals surface area contributed by atoms with Gasteiger partial charge in [0.1, 0.15) is 17.0 Å². The van der Waals surface area contributed by atoms with Crippen LogP contribution in [0.5, 0.6) is 11.5 Å². The fraction of sp³-hybridized carbons (Fsp3) is 0.125. The average molecular weight is 370 g/mol. The lowest BCUT2D eigenvalue weighted by molar-refractivity contribution is 0.415. The van der Waals surface area contributed by atoms with Gasteiger partial charge >= 0.3 is 0 Å². The fourth-order valence-electron chi connectivity index (χ4n) is 3.39. The summed E-state index contributed by atoms with van der Waals surface area (Å²) in [5.74, 6) is 0.974. The number of nitrogens with zero attached hydrogens (tertiary/aromatic N) is 1. The summed E-state index contributed by atoms with van der Waals surface area (Å²) in [4.78, 5) is 4.55. The summed E-state index contributed by atoms with van der Waals surface area (Å²) in [5.41, 5.74) is 4.22. The molecule has 0 aliphatic carbocycles. The lowest BCUT2D eigenvalue weighted by atomic mass is 9.96. The van der Waals surface area contributed by atoms with Crippen LogP contribution < -0.4 is 10.1 Å². The van der Waals surface area contributed by atoms with E-state index in [0.29, 0.717) is 5.52 Å². The van der Waals surface area contributed by atoms with Gasteiger partial charge in [-0.1, -0.05) is 54.6 Å². The number of phenolic OH excluding ortho intramolecular Hbond substituents is 1. The van der Waals surface area contributed by atoms with E-state index in [1.807, 2.05) is 85.8 Å². The van der Waals surface area contributed by atoms with Gasteiger partial charge in [-0.05, 0) is 30.7 Å². The van der Waals surface area contributed by atoms with Gasteiger partial charge in [-0.2, -0.15) is 0 Å². The molecule has 4 nitrogen and oxygen atoms in total. The number of fused-ring (bicyclic) bond motifs is 1. The maximum Gasteiger partial charge on any atom is 0.147 e. The molecule has 3 aromatic carbocycles. The molecule has 4 heteroatoms. The highest BCUT2D eigenvalue weighted by molar-refractivity contribution is 5.86. The average Bonchev–Trinajstić information content (AvgIpc) is 2.74. The van der Waals surface area contributed by atoms with Crippen LogP contribution in [0, 0.1) is 6.92 Å². The van der Waals surface area contributed by atoms with Crippen molar-refractivity contribution < 1.29 is 9.84 Å². The van der Waals surface area contributed by atoms with E-state index in [0.717, 1.165) is 33.6 Å². The molecular formula is C24H22N2O2. The van der Waals surface area contributed by atoms with E-state index in [2.05, 4.69) is 10.3 Å². The molecule has 0 aliphatic heterocycles. The second kappa shape index (κ2) is 7.61. The Morgan fingerprint density at radius 1 is 0.929 bits per heavy atom. The van der Waals surface area contributed by atoms with Crippen LogP contribution in [0.1, 0.15) is 22.9 Å². The Bertz CT molecular complexity index is 1110. The minimum absolute atomic E-state index is 0.199. The Balaban J connectivity index is 1.84. The number of ether oxygens (including phenoxy) is 1. The zero-order valence-corrected chi connectivity index (χ0v) is 15.9. The molecule has 0 radical (unpaired) electrons. The Hall–Kier alpha value is -3.53. The van der Waals surface area contributed by atoms with E-state index < -0.39 is 0 Å². The van der Waals surface area contributed by atoms with Crippen LogP contribution in [0.4, 0.5) is 5.69 Å². The monoisotopic (exact) mass is 370 g/mol. The van der Waals surface area contributed by atoms with Crippen molar-refractivity contribution in [2.75, 3.05) is 12.4 Å². The number of pyridine rings is 1. The van der Waals surface area contributed by atoms with Gasteiger partial charge in [-0.25, -0.2) is 4.98 Å². The topological polar surface area (TPSA) is 54.4 Å². The molecule has 0 aliphatic rings. The Morgan fingerprint density at radius 3 is 2.50 bits per heavy atom. The molecule has 0 spiro atoms. The number of hydrogen-bond acceptors (Lipinski definition) is 4. The van der Waals surface area contributed by atoms with Crippen molar-refractivity contribution in [3.63, 3.8) is 0 Å². The number of aromatic hydroxyl groups is 1. The van der Waals surface area contributed by atoms with Gasteiger partial charge in [0.05, 0.1) is 13.2 Å². The van der Waals surface area contributed by atoms with Crippen LogP contribution in [0.2, 0.25) is 0 Å². The zero-order chi connectivity index (χ0) is 19.5. The summed E-state index contributed by atoms with van der Waals surface area (Å²) < 4.78 is 5.34. The lowest BCUT2D eigenvalue weighted by Gasteiger charge is -2.23. The second-order valence-corrected chi connectivity index (χ2v) is 6.75. The van der Waals surface area contributed by atoms with Gasteiger partial charge in [0.15, 0.2) is 0 Å². The minimum atomic E-state index is -0.236. The molecule has 4 aromatic rings. The third-order valence-electron chi connectivity index (χ3n) is 4.83. The quantitative estimate of drug-likeness (QED) is 0.490. The molecule has 140 valence electrons. The fourth-order valence-corrected chi connectivity index (χ4v) is 3.39. The number of hydrogen-bond donors (Lipinski definition) is 2. The highest BCUT2D eigenvalue weighted by atomic mass is 16.5. The van der Waals surface area contributed by atoms with E-state index in [1.165, 1.54) is 0 Å². The van der Waals surface area contributed by atoms with Crippen molar-refractivity contribution in [2.45, 2.75) is 13.0 Å². The van der Waals surface area contributed by atoms with Crippen LogP contribution >= 0.6 is 0 Å². The Morgan fingerprint density at radius 2 is 1.71 bits per heavy atom. The number of rotatable bonds is 5. The summed E-state index contributed by atoms with van der Waals surface area (Å²) in [6.07, 6.45) is 0. The third-order valence-corrected chi connectivity index (χ3v) is 4.83. The smallest absolute Gasteiger partial charge is 0.147 e. The van der Waals surface area contributed by atoms with E-state index >= 15 is 0 Å². The number of phenols is 1. The number of anilines is 1. The predicted octanol–water partition coefficient (Wildman–Crippen LogP) is 5.46. The summed E-state index contributed by atoms with van der Waals surface area (Å²) >= 11 is 0. The van der Waals surface area contributed by atoms with Crippen LogP contribution in [0.15, 0.2) is 78.9 Å². The van der Waals surface area contributed by atoms with Gasteiger partial charge in [0.2, 0.25) is 0 Å². The van der Waals surface area contributed by atoms with E-state index in [4.69, 9.17) is 4.74 Å². The second-order valence-electron chi connectivity index (χ2n) is 6.75. The van der Waals surface area contributed by atoms with Crippen molar-refractivity contribution in [2.24, 2.45) is 0 Å². The molecule has 1 atom stereocenters. The lowest BCUT2D eigenvalue weighted by Crippen LogP contribution is -2.13. The number of aromatic nitrogens is 1. The summed E-state index contributed by atoms with van der Waals surface area (Å²) in [6.45, 7) is 1.93. The molecule has 0 saturated heterocycles. The molecule has 1 aromatic heterocycles. The SMILES string of the molecule is COc1cccc(NC(c2ccccc2)c2ccc3ccc(C)nc3c2O)c1. The summed E-state index contributed by atoms with van der Waals surface area (Å²) in [6, 6.07) is 25.5. The van der Waals surface area contributed by atoms with Gasteiger partial charge in [-0.3, -0.25) is 0 Å². The van der Waals surface area contributed by atoms with Gasteiger partial charge < -0.3 is 15.2 Å². The molecular weight excluding hydrogens is 348 g/mol. The number of aryl methyl sites for hydroxylation is 1. The van der Waals surface area contributed by atoms with E-state index in [9.17, 15) is 5.11 Å². The predicted molar refractivity (Wildman–Crippen MR) is 113 cm³/mol. The maximum absolute atomic E-state index is 11.1. The number of methoxy groups -OCH3 is 1. The highest BCUT2D eigenvalue weighted by Crippen LogP contribution is 2.37. The summed E-state index contributed by atoms with van der Waals surface area (Å²) in [7, 11) is 1.65. The molecule has 0 saturated carbocycles. The first-order chi connectivity index (χ1) is 13.7. The van der Waals surface area contributed by atoms with Crippen molar-refractivity contribution in [1.82, 2.24) is 4.98 Å². The van der Waals surface area contributed by atoms with Crippen molar-refractivity contribution in [3.8, 4) is 11.5 Å². The van der Waals surface area contributed by atoms with Crippen molar-refractivity contribution in [3.05, 3.63) is 95.7 Å². The van der Waals surface area contributed by atoms with Gasteiger partial charge in [0, 0.05) is 28.4 Å². The van der Waals surface area contributed by atoms with Gasteiger partial charge in [-0.15, -0.1) is 0 Å². The van der Waals surface area contributed by atoms with Gasteiger partial charge in [0.25, 0.3) is 0 Å².